The summed E-state index contributed by atoms with van der Waals surface area (Å²) in [5, 5.41) is 0. The molecule has 5 nitrogen and oxygen atoms in total. The molecule has 3 rings (SSSR count). The smallest absolute Gasteiger partial charge is 0.241 e. The van der Waals surface area contributed by atoms with Crippen molar-refractivity contribution in [1.82, 2.24) is 9.80 Å². The summed E-state index contributed by atoms with van der Waals surface area (Å²) >= 11 is 0. The number of amides is 1. The van der Waals surface area contributed by atoms with Crippen LogP contribution in [-0.4, -0.2) is 67.6 Å². The Morgan fingerprint density at radius 3 is 2.54 bits per heavy atom. The van der Waals surface area contributed by atoms with Gasteiger partial charge in [-0.2, -0.15) is 9.90 Å². The minimum Gasteiger partial charge on any atom is -0.490 e. The zero-order valence-corrected chi connectivity index (χ0v) is 16.5. The SMILES string of the molecule is Cc1ccc2c(c1)N(C(=O)CN1CCN(C(C)C)CC1)CCO2.P. The fraction of sp³-hybridized carbons (Fsp3) is 0.611. The van der Waals surface area contributed by atoms with Gasteiger partial charge in [-0.15, -0.1) is 0 Å². The van der Waals surface area contributed by atoms with E-state index in [2.05, 4.69) is 23.6 Å². The molecule has 0 spiro atoms. The molecule has 134 valence electrons. The van der Waals surface area contributed by atoms with Crippen LogP contribution in [0.2, 0.25) is 0 Å². The maximum Gasteiger partial charge on any atom is 0.241 e. The zero-order valence-electron chi connectivity index (χ0n) is 15.1. The maximum absolute atomic E-state index is 12.8. The highest BCUT2D eigenvalue weighted by molar-refractivity contribution is 6.92. The average molecular weight is 351 g/mol. The van der Waals surface area contributed by atoms with Gasteiger partial charge in [0, 0.05) is 32.2 Å². The minimum atomic E-state index is 0. The fourth-order valence-corrected chi connectivity index (χ4v) is 3.30. The van der Waals surface area contributed by atoms with Crippen LogP contribution in [0.1, 0.15) is 19.4 Å². The second kappa shape index (κ2) is 8.28. The zero-order chi connectivity index (χ0) is 16.4. The van der Waals surface area contributed by atoms with Gasteiger partial charge in [0.05, 0.1) is 18.8 Å². The van der Waals surface area contributed by atoms with Gasteiger partial charge in [0.15, 0.2) is 0 Å². The Morgan fingerprint density at radius 1 is 1.17 bits per heavy atom. The molecule has 0 N–H and O–H groups in total. The standard InChI is InChI=1S/C18H27N3O2.H3P/c1-14(2)20-8-6-19(7-9-20)13-18(22)21-10-11-23-17-5-4-15(3)12-16(17)21;/h4-5,12,14H,6-11,13H2,1-3H3;1H3. The van der Waals surface area contributed by atoms with Crippen LogP contribution in [0.3, 0.4) is 0 Å². The van der Waals surface area contributed by atoms with Gasteiger partial charge < -0.3 is 9.64 Å². The number of hydrogen-bond donors (Lipinski definition) is 0. The molecule has 1 saturated heterocycles. The maximum atomic E-state index is 12.8. The Kier molecular flexibility index (Phi) is 6.62. The van der Waals surface area contributed by atoms with Crippen LogP contribution in [0.5, 0.6) is 5.75 Å². The van der Waals surface area contributed by atoms with E-state index in [4.69, 9.17) is 4.74 Å². The normalized spacial score (nSPS) is 18.8. The molecule has 0 aliphatic carbocycles. The highest BCUT2D eigenvalue weighted by atomic mass is 31.0. The van der Waals surface area contributed by atoms with Crippen molar-refractivity contribution in [2.75, 3.05) is 50.8 Å². The number of aryl methyl sites for hydroxylation is 1. The molecule has 0 saturated carbocycles. The topological polar surface area (TPSA) is 36.0 Å². The molecule has 1 atom stereocenters. The summed E-state index contributed by atoms with van der Waals surface area (Å²) in [5.41, 5.74) is 2.07. The average Bonchev–Trinajstić information content (AvgIpc) is 2.54. The molecule has 0 bridgehead atoms. The largest absolute Gasteiger partial charge is 0.490 e. The minimum absolute atomic E-state index is 0. The van der Waals surface area contributed by atoms with Gasteiger partial charge >= 0.3 is 0 Å². The van der Waals surface area contributed by atoms with Crippen molar-refractivity contribution in [3.05, 3.63) is 23.8 Å². The predicted octanol–water partition coefficient (Wildman–Crippen LogP) is 1.80. The van der Waals surface area contributed by atoms with E-state index in [9.17, 15) is 4.79 Å². The fourth-order valence-electron chi connectivity index (χ4n) is 3.30. The highest BCUT2D eigenvalue weighted by Crippen LogP contribution is 2.32. The molecule has 6 heteroatoms. The molecule has 24 heavy (non-hydrogen) atoms. The van der Waals surface area contributed by atoms with E-state index in [1.54, 1.807) is 0 Å². The Labute approximate surface area is 148 Å². The molecule has 2 aliphatic rings. The number of carbonyl (C=O) groups is 1. The van der Waals surface area contributed by atoms with E-state index >= 15 is 0 Å². The molecule has 1 aromatic rings. The lowest BCUT2D eigenvalue weighted by Crippen LogP contribution is -2.52. The second-order valence-corrected chi connectivity index (χ2v) is 6.77. The third-order valence-corrected chi connectivity index (χ3v) is 4.77. The summed E-state index contributed by atoms with van der Waals surface area (Å²) in [7, 11) is 0. The highest BCUT2D eigenvalue weighted by Gasteiger charge is 2.27. The molecular formula is C18H30N3O2P. The first-order valence-corrected chi connectivity index (χ1v) is 8.55. The molecule has 1 amide bonds. The third kappa shape index (κ3) is 4.27. The van der Waals surface area contributed by atoms with Crippen molar-refractivity contribution in [2.45, 2.75) is 26.8 Å². The summed E-state index contributed by atoms with van der Waals surface area (Å²) in [6.45, 7) is 12.2. The molecule has 1 fully saturated rings. The van der Waals surface area contributed by atoms with Crippen molar-refractivity contribution >= 4 is 21.5 Å². The lowest BCUT2D eigenvalue weighted by molar-refractivity contribution is -0.120. The van der Waals surface area contributed by atoms with Gasteiger partial charge in [0.25, 0.3) is 0 Å². The van der Waals surface area contributed by atoms with E-state index in [1.807, 2.05) is 30.0 Å². The van der Waals surface area contributed by atoms with Gasteiger partial charge in [-0.05, 0) is 38.5 Å². The van der Waals surface area contributed by atoms with Crippen LogP contribution in [-0.2, 0) is 4.79 Å². The number of carbonyl (C=O) groups excluding carboxylic acids is 1. The summed E-state index contributed by atoms with van der Waals surface area (Å²) in [6.07, 6.45) is 0. The van der Waals surface area contributed by atoms with Gasteiger partial charge in [-0.3, -0.25) is 14.6 Å². The van der Waals surface area contributed by atoms with Crippen molar-refractivity contribution in [2.24, 2.45) is 0 Å². The van der Waals surface area contributed by atoms with Crippen LogP contribution < -0.4 is 9.64 Å². The number of fused-ring (bicyclic) bond motifs is 1. The van der Waals surface area contributed by atoms with E-state index in [-0.39, 0.29) is 15.8 Å². The van der Waals surface area contributed by atoms with E-state index < -0.39 is 0 Å². The van der Waals surface area contributed by atoms with Gasteiger partial charge in [-0.25, -0.2) is 0 Å². The van der Waals surface area contributed by atoms with Gasteiger partial charge in [-0.1, -0.05) is 6.07 Å². The molecule has 0 aromatic heterocycles. The van der Waals surface area contributed by atoms with Crippen molar-refractivity contribution in [3.63, 3.8) is 0 Å². The third-order valence-electron chi connectivity index (χ3n) is 4.77. The molecule has 2 aliphatic heterocycles. The summed E-state index contributed by atoms with van der Waals surface area (Å²) in [6, 6.07) is 6.62. The Balaban J connectivity index is 0.00000208. The Morgan fingerprint density at radius 2 is 1.88 bits per heavy atom. The lowest BCUT2D eigenvalue weighted by Gasteiger charge is -2.38. The number of anilines is 1. The number of ether oxygens (including phenoxy) is 1. The quantitative estimate of drug-likeness (QED) is 0.778. The first-order valence-electron chi connectivity index (χ1n) is 8.55. The van der Waals surface area contributed by atoms with Crippen LogP contribution in [0.25, 0.3) is 0 Å². The van der Waals surface area contributed by atoms with E-state index in [1.165, 1.54) is 0 Å². The molecule has 0 radical (unpaired) electrons. The van der Waals surface area contributed by atoms with Crippen molar-refractivity contribution < 1.29 is 9.53 Å². The number of rotatable bonds is 3. The van der Waals surface area contributed by atoms with Crippen LogP contribution in [0, 0.1) is 6.92 Å². The number of piperazine rings is 1. The predicted molar refractivity (Wildman–Crippen MR) is 103 cm³/mol. The summed E-state index contributed by atoms with van der Waals surface area (Å²) < 4.78 is 5.68. The van der Waals surface area contributed by atoms with E-state index in [0.29, 0.717) is 25.7 Å². The number of nitrogens with zero attached hydrogens (tertiary/aromatic N) is 3. The monoisotopic (exact) mass is 351 g/mol. The van der Waals surface area contributed by atoms with Crippen LogP contribution >= 0.6 is 9.90 Å². The number of benzene rings is 1. The van der Waals surface area contributed by atoms with Gasteiger partial charge in [0.1, 0.15) is 12.4 Å². The summed E-state index contributed by atoms with van der Waals surface area (Å²) in [5.74, 6) is 0.998. The van der Waals surface area contributed by atoms with E-state index in [0.717, 1.165) is 43.2 Å². The van der Waals surface area contributed by atoms with Crippen LogP contribution in [0.4, 0.5) is 5.69 Å². The first-order chi connectivity index (χ1) is 11.0. The Hall–Kier alpha value is -1.16. The Bertz CT molecular complexity index is 571. The van der Waals surface area contributed by atoms with Gasteiger partial charge in [0.2, 0.25) is 5.91 Å². The van der Waals surface area contributed by atoms with Crippen LogP contribution in [0.15, 0.2) is 18.2 Å². The first kappa shape index (κ1) is 19.2. The van der Waals surface area contributed by atoms with Crippen molar-refractivity contribution in [3.8, 4) is 5.75 Å². The molecular weight excluding hydrogens is 321 g/mol. The van der Waals surface area contributed by atoms with Crippen molar-refractivity contribution in [1.29, 1.82) is 0 Å². The lowest BCUT2D eigenvalue weighted by atomic mass is 10.1. The molecule has 1 aromatic carbocycles. The molecule has 2 heterocycles. The molecule has 1 unspecified atom stereocenters. The summed E-state index contributed by atoms with van der Waals surface area (Å²) in [4.78, 5) is 19.4. The second-order valence-electron chi connectivity index (χ2n) is 6.77. The number of hydrogen-bond acceptors (Lipinski definition) is 4.